The monoisotopic (exact) mass is 370 g/mol. The van der Waals surface area contributed by atoms with Crippen molar-refractivity contribution in [2.75, 3.05) is 0 Å². The number of carbonyl (C=O) groups excluding carboxylic acids is 2. The van der Waals surface area contributed by atoms with E-state index in [9.17, 15) is 9.59 Å². The van der Waals surface area contributed by atoms with E-state index in [0.717, 1.165) is 9.75 Å². The number of benzene rings is 1. The lowest BCUT2D eigenvalue weighted by molar-refractivity contribution is -0.119. The van der Waals surface area contributed by atoms with Gasteiger partial charge in [-0.15, -0.1) is 11.3 Å². The summed E-state index contributed by atoms with van der Waals surface area (Å²) in [7, 11) is 0. The first-order valence-electron chi connectivity index (χ1n) is 8.06. The van der Waals surface area contributed by atoms with Gasteiger partial charge < -0.3 is 15.2 Å². The molecule has 8 heteroatoms. The molecule has 0 bridgehead atoms. The molecule has 0 aliphatic carbocycles. The van der Waals surface area contributed by atoms with Crippen LogP contribution in [0.15, 0.2) is 47.0 Å². The maximum atomic E-state index is 12.2. The van der Waals surface area contributed by atoms with Crippen LogP contribution < -0.4 is 10.6 Å². The first-order valence-corrected chi connectivity index (χ1v) is 8.87. The zero-order valence-corrected chi connectivity index (χ0v) is 15.2. The molecule has 0 radical (unpaired) electrons. The first kappa shape index (κ1) is 17.8. The molecule has 0 aliphatic heterocycles. The molecule has 7 nitrogen and oxygen atoms in total. The number of aromatic nitrogens is 2. The summed E-state index contributed by atoms with van der Waals surface area (Å²) < 4.78 is 5.29. The van der Waals surface area contributed by atoms with Crippen molar-refractivity contribution in [2.45, 2.75) is 26.4 Å². The van der Waals surface area contributed by atoms with Crippen molar-refractivity contribution in [3.05, 3.63) is 58.8 Å². The Morgan fingerprint density at radius 3 is 2.69 bits per heavy atom. The molecule has 0 spiro atoms. The Labute approximate surface area is 154 Å². The molecule has 2 aromatic heterocycles. The van der Waals surface area contributed by atoms with Crippen LogP contribution in [0.2, 0.25) is 0 Å². The topological polar surface area (TPSA) is 97.1 Å². The van der Waals surface area contributed by atoms with Gasteiger partial charge in [0, 0.05) is 17.4 Å². The minimum absolute atomic E-state index is 0.0789. The SMILES string of the molecule is CC(=O)NCc1ccc(-c2noc([C@@H](C)NC(=O)c3ccccc3)n2)s1. The van der Waals surface area contributed by atoms with Gasteiger partial charge in [0.2, 0.25) is 17.6 Å². The number of nitrogens with one attached hydrogen (secondary N) is 2. The van der Waals surface area contributed by atoms with Crippen LogP contribution in [0.25, 0.3) is 10.7 Å². The van der Waals surface area contributed by atoms with Crippen molar-refractivity contribution >= 4 is 23.2 Å². The summed E-state index contributed by atoms with van der Waals surface area (Å²) in [5.41, 5.74) is 0.569. The average Bonchev–Trinajstić information content (AvgIpc) is 3.30. The lowest BCUT2D eigenvalue weighted by Gasteiger charge is -2.09. The van der Waals surface area contributed by atoms with Gasteiger partial charge in [0.1, 0.15) is 6.04 Å². The average molecular weight is 370 g/mol. The molecule has 2 heterocycles. The van der Waals surface area contributed by atoms with Gasteiger partial charge in [-0.2, -0.15) is 4.98 Å². The van der Waals surface area contributed by atoms with Gasteiger partial charge in [-0.3, -0.25) is 9.59 Å². The molecular weight excluding hydrogens is 352 g/mol. The Hall–Kier alpha value is -3.00. The highest BCUT2D eigenvalue weighted by Crippen LogP contribution is 2.26. The van der Waals surface area contributed by atoms with Crippen LogP contribution in [0.5, 0.6) is 0 Å². The van der Waals surface area contributed by atoms with Crippen molar-refractivity contribution in [2.24, 2.45) is 0 Å². The third kappa shape index (κ3) is 4.34. The fourth-order valence-corrected chi connectivity index (χ4v) is 3.12. The Kier molecular flexibility index (Phi) is 5.43. The first-order chi connectivity index (χ1) is 12.5. The summed E-state index contributed by atoms with van der Waals surface area (Å²) >= 11 is 1.48. The van der Waals surface area contributed by atoms with Gasteiger partial charge in [-0.05, 0) is 31.2 Å². The number of rotatable bonds is 6. The maximum absolute atomic E-state index is 12.2. The third-order valence-corrected chi connectivity index (χ3v) is 4.67. The van der Waals surface area contributed by atoms with Crippen LogP contribution >= 0.6 is 11.3 Å². The second kappa shape index (κ2) is 7.92. The van der Waals surface area contributed by atoms with E-state index in [-0.39, 0.29) is 11.8 Å². The fraction of sp³-hybridized carbons (Fsp3) is 0.222. The van der Waals surface area contributed by atoms with Crippen molar-refractivity contribution in [3.8, 4) is 10.7 Å². The van der Waals surface area contributed by atoms with E-state index in [1.54, 1.807) is 31.2 Å². The highest BCUT2D eigenvalue weighted by Gasteiger charge is 2.18. The fourth-order valence-electron chi connectivity index (χ4n) is 2.25. The van der Waals surface area contributed by atoms with E-state index < -0.39 is 6.04 Å². The van der Waals surface area contributed by atoms with E-state index in [1.165, 1.54) is 18.3 Å². The Morgan fingerprint density at radius 2 is 1.96 bits per heavy atom. The van der Waals surface area contributed by atoms with Gasteiger partial charge in [0.05, 0.1) is 11.4 Å². The summed E-state index contributed by atoms with van der Waals surface area (Å²) in [6.45, 7) is 3.73. The van der Waals surface area contributed by atoms with Crippen LogP contribution in [0.1, 0.15) is 41.0 Å². The van der Waals surface area contributed by atoms with E-state index in [0.29, 0.717) is 23.8 Å². The van der Waals surface area contributed by atoms with Crippen LogP contribution in [0.3, 0.4) is 0 Å². The number of nitrogens with zero attached hydrogens (tertiary/aromatic N) is 2. The second-order valence-electron chi connectivity index (χ2n) is 5.69. The predicted octanol–water partition coefficient (Wildman–Crippen LogP) is 2.93. The number of hydrogen-bond donors (Lipinski definition) is 2. The number of amides is 2. The highest BCUT2D eigenvalue weighted by atomic mass is 32.1. The normalized spacial score (nSPS) is 11.8. The van der Waals surface area contributed by atoms with Crippen molar-refractivity contribution in [1.82, 2.24) is 20.8 Å². The van der Waals surface area contributed by atoms with Crippen LogP contribution in [-0.2, 0) is 11.3 Å². The molecule has 26 heavy (non-hydrogen) atoms. The Balaban J connectivity index is 1.65. The summed E-state index contributed by atoms with van der Waals surface area (Å²) in [4.78, 5) is 29.4. The van der Waals surface area contributed by atoms with Gasteiger partial charge >= 0.3 is 0 Å². The molecule has 0 saturated carbocycles. The van der Waals surface area contributed by atoms with Crippen LogP contribution in [0.4, 0.5) is 0 Å². The Morgan fingerprint density at radius 1 is 1.19 bits per heavy atom. The molecule has 0 aliphatic rings. The van der Waals surface area contributed by atoms with Gasteiger partial charge in [-0.1, -0.05) is 23.4 Å². The smallest absolute Gasteiger partial charge is 0.251 e. The minimum atomic E-state index is -0.414. The van der Waals surface area contributed by atoms with Gasteiger partial charge in [-0.25, -0.2) is 0 Å². The van der Waals surface area contributed by atoms with Crippen molar-refractivity contribution < 1.29 is 14.1 Å². The Bertz CT molecular complexity index is 904. The zero-order valence-electron chi connectivity index (χ0n) is 14.4. The van der Waals surface area contributed by atoms with E-state index in [4.69, 9.17) is 4.52 Å². The molecule has 3 aromatic rings. The summed E-state index contributed by atoms with van der Waals surface area (Å²) in [5.74, 6) is 0.511. The lowest BCUT2D eigenvalue weighted by atomic mass is 10.2. The quantitative estimate of drug-likeness (QED) is 0.695. The maximum Gasteiger partial charge on any atom is 0.251 e. The molecule has 0 unspecified atom stereocenters. The number of hydrogen-bond acceptors (Lipinski definition) is 6. The summed E-state index contributed by atoms with van der Waals surface area (Å²) in [6.07, 6.45) is 0. The highest BCUT2D eigenvalue weighted by molar-refractivity contribution is 7.15. The molecular formula is C18H18N4O3S. The van der Waals surface area contributed by atoms with E-state index in [1.807, 2.05) is 18.2 Å². The third-order valence-electron chi connectivity index (χ3n) is 3.59. The molecule has 134 valence electrons. The van der Waals surface area contributed by atoms with E-state index >= 15 is 0 Å². The van der Waals surface area contributed by atoms with Crippen molar-refractivity contribution in [3.63, 3.8) is 0 Å². The molecule has 1 aromatic carbocycles. The molecule has 0 saturated heterocycles. The lowest BCUT2D eigenvalue weighted by Crippen LogP contribution is -2.26. The zero-order chi connectivity index (χ0) is 18.5. The number of thiophene rings is 1. The molecule has 2 N–H and O–H groups in total. The summed E-state index contributed by atoms with van der Waals surface area (Å²) in [6, 6.07) is 12.3. The summed E-state index contributed by atoms with van der Waals surface area (Å²) in [5, 5.41) is 9.56. The standard InChI is InChI=1S/C18H18N4O3S/c1-11(20-17(24)13-6-4-3-5-7-13)18-21-16(22-25-18)15-9-8-14(26-15)10-19-12(2)23/h3-9,11H,10H2,1-2H3,(H,19,23)(H,20,24)/t11-/m1/s1. The molecule has 3 rings (SSSR count). The largest absolute Gasteiger partial charge is 0.351 e. The molecule has 1 atom stereocenters. The van der Waals surface area contributed by atoms with E-state index in [2.05, 4.69) is 20.8 Å². The minimum Gasteiger partial charge on any atom is -0.351 e. The second-order valence-corrected chi connectivity index (χ2v) is 6.86. The van der Waals surface area contributed by atoms with Crippen LogP contribution in [0, 0.1) is 0 Å². The molecule has 0 fully saturated rings. The predicted molar refractivity (Wildman–Crippen MR) is 97.5 cm³/mol. The van der Waals surface area contributed by atoms with Gasteiger partial charge in [0.25, 0.3) is 5.91 Å². The molecule has 2 amide bonds. The van der Waals surface area contributed by atoms with Crippen LogP contribution in [-0.4, -0.2) is 22.0 Å². The van der Waals surface area contributed by atoms with Gasteiger partial charge in [0.15, 0.2) is 0 Å². The van der Waals surface area contributed by atoms with Crippen molar-refractivity contribution in [1.29, 1.82) is 0 Å². The number of carbonyl (C=O) groups is 2.